The second-order valence-corrected chi connectivity index (χ2v) is 3.27. The van der Waals surface area contributed by atoms with Crippen LogP contribution in [0.25, 0.3) is 0 Å². The van der Waals surface area contributed by atoms with Gasteiger partial charge in [-0.2, -0.15) is 0 Å². The van der Waals surface area contributed by atoms with E-state index in [2.05, 4.69) is 0 Å². The van der Waals surface area contributed by atoms with Crippen LogP contribution in [0, 0.1) is 0 Å². The zero-order valence-corrected chi connectivity index (χ0v) is 8.50. The highest BCUT2D eigenvalue weighted by atomic mass is 16.5. The summed E-state index contributed by atoms with van der Waals surface area (Å²) in [6.07, 6.45) is 4.49. The van der Waals surface area contributed by atoms with E-state index in [1.54, 1.807) is 6.92 Å². The Kier molecular flexibility index (Phi) is 3.63. The van der Waals surface area contributed by atoms with Gasteiger partial charge in [-0.05, 0) is 19.4 Å². The average molecular weight is 194 g/mol. The molecule has 0 saturated heterocycles. The second-order valence-electron chi connectivity index (χ2n) is 3.27. The van der Waals surface area contributed by atoms with E-state index in [4.69, 9.17) is 4.74 Å². The third-order valence-corrected chi connectivity index (χ3v) is 2.00. The van der Waals surface area contributed by atoms with Crippen LogP contribution in [0.15, 0.2) is 23.5 Å². The van der Waals surface area contributed by atoms with E-state index in [1.807, 2.05) is 6.92 Å². The maximum Gasteiger partial charge on any atom is 0.220 e. The lowest BCUT2D eigenvalue weighted by Gasteiger charge is -2.10. The zero-order chi connectivity index (χ0) is 10.6. The van der Waals surface area contributed by atoms with E-state index in [1.165, 1.54) is 12.2 Å². The normalized spacial score (nSPS) is 16.4. The van der Waals surface area contributed by atoms with E-state index < -0.39 is 0 Å². The van der Waals surface area contributed by atoms with Gasteiger partial charge in [0.2, 0.25) is 5.78 Å². The smallest absolute Gasteiger partial charge is 0.220 e. The fraction of sp³-hybridized carbons (Fsp3) is 0.455. The Morgan fingerprint density at radius 3 is 2.57 bits per heavy atom. The van der Waals surface area contributed by atoms with E-state index in [-0.39, 0.29) is 17.3 Å². The van der Waals surface area contributed by atoms with Gasteiger partial charge in [-0.15, -0.1) is 0 Å². The average Bonchev–Trinajstić information content (AvgIpc) is 2.14. The van der Waals surface area contributed by atoms with Crippen molar-refractivity contribution in [2.75, 3.05) is 6.61 Å². The van der Waals surface area contributed by atoms with Crippen molar-refractivity contribution in [1.82, 2.24) is 0 Å². The summed E-state index contributed by atoms with van der Waals surface area (Å²) in [6.45, 7) is 4.16. The number of allylic oxidation sites excluding steroid dienone is 3. The first-order chi connectivity index (χ1) is 6.65. The summed E-state index contributed by atoms with van der Waals surface area (Å²) >= 11 is 0. The highest BCUT2D eigenvalue weighted by Gasteiger charge is 2.18. The van der Waals surface area contributed by atoms with Crippen molar-refractivity contribution in [3.05, 3.63) is 23.5 Å². The van der Waals surface area contributed by atoms with Crippen LogP contribution in [0.3, 0.4) is 0 Å². The van der Waals surface area contributed by atoms with Gasteiger partial charge in [0.05, 0.1) is 6.61 Å². The molecule has 0 saturated carbocycles. The number of unbranched alkanes of at least 4 members (excludes halogenated alkanes) is 1. The van der Waals surface area contributed by atoms with Crippen LogP contribution < -0.4 is 0 Å². The Labute approximate surface area is 83.4 Å². The summed E-state index contributed by atoms with van der Waals surface area (Å²) in [6, 6.07) is 0. The van der Waals surface area contributed by atoms with Crippen molar-refractivity contribution < 1.29 is 14.3 Å². The Hall–Kier alpha value is -1.38. The summed E-state index contributed by atoms with van der Waals surface area (Å²) in [5.74, 6) is -0.177. The first-order valence-corrected chi connectivity index (χ1v) is 4.76. The number of carbonyl (C=O) groups excluding carboxylic acids is 2. The molecule has 0 aliphatic heterocycles. The quantitative estimate of drug-likeness (QED) is 0.506. The maximum absolute atomic E-state index is 11.3. The van der Waals surface area contributed by atoms with Crippen LogP contribution in [-0.4, -0.2) is 18.2 Å². The van der Waals surface area contributed by atoms with Gasteiger partial charge in [0.15, 0.2) is 11.5 Å². The number of ether oxygens (including phenoxy) is 1. The van der Waals surface area contributed by atoms with E-state index in [0.29, 0.717) is 12.2 Å². The van der Waals surface area contributed by atoms with Crippen LogP contribution in [0.4, 0.5) is 0 Å². The van der Waals surface area contributed by atoms with Crippen molar-refractivity contribution in [2.24, 2.45) is 0 Å². The first-order valence-electron chi connectivity index (χ1n) is 4.76. The predicted molar refractivity (Wildman–Crippen MR) is 52.7 cm³/mol. The number of hydrogen-bond acceptors (Lipinski definition) is 3. The molecule has 1 rings (SSSR count). The van der Waals surface area contributed by atoms with Gasteiger partial charge >= 0.3 is 0 Å². The second kappa shape index (κ2) is 4.74. The summed E-state index contributed by atoms with van der Waals surface area (Å²) in [4.78, 5) is 22.5. The molecule has 3 nitrogen and oxygen atoms in total. The standard InChI is InChI=1S/C11H14O3/c1-3-4-5-14-11-7-9(12)8(2)6-10(11)13/h6-7H,3-5H2,1-2H3. The third kappa shape index (κ3) is 2.55. The molecule has 0 spiro atoms. The van der Waals surface area contributed by atoms with Crippen LogP contribution in [0.5, 0.6) is 0 Å². The fourth-order valence-corrected chi connectivity index (χ4v) is 1.08. The Bertz CT molecular complexity index is 310. The maximum atomic E-state index is 11.3. The molecule has 0 atom stereocenters. The SMILES string of the molecule is CCCCOC1=CC(=O)C(C)=CC1=O. The summed E-state index contributed by atoms with van der Waals surface area (Å²) in [7, 11) is 0. The molecule has 0 aromatic rings. The zero-order valence-electron chi connectivity index (χ0n) is 8.50. The molecule has 1 aliphatic carbocycles. The van der Waals surface area contributed by atoms with Gasteiger partial charge in [-0.3, -0.25) is 9.59 Å². The molecular formula is C11H14O3. The lowest BCUT2D eigenvalue weighted by atomic mass is 10.0. The highest BCUT2D eigenvalue weighted by Crippen LogP contribution is 2.12. The van der Waals surface area contributed by atoms with Gasteiger partial charge in [0.1, 0.15) is 0 Å². The van der Waals surface area contributed by atoms with Gasteiger partial charge in [-0.1, -0.05) is 13.3 Å². The fourth-order valence-electron chi connectivity index (χ4n) is 1.08. The topological polar surface area (TPSA) is 43.4 Å². The van der Waals surface area contributed by atoms with E-state index in [0.717, 1.165) is 12.8 Å². The van der Waals surface area contributed by atoms with Crippen LogP contribution in [0.2, 0.25) is 0 Å². The lowest BCUT2D eigenvalue weighted by Crippen LogP contribution is -2.14. The number of rotatable bonds is 4. The summed E-state index contributed by atoms with van der Waals surface area (Å²) in [5, 5.41) is 0. The highest BCUT2D eigenvalue weighted by molar-refractivity contribution is 6.18. The molecule has 1 aliphatic rings. The summed E-state index contributed by atoms with van der Waals surface area (Å²) < 4.78 is 5.20. The van der Waals surface area contributed by atoms with E-state index >= 15 is 0 Å². The van der Waals surface area contributed by atoms with Crippen LogP contribution in [-0.2, 0) is 14.3 Å². The summed E-state index contributed by atoms with van der Waals surface area (Å²) in [5.41, 5.74) is 0.470. The largest absolute Gasteiger partial charge is 0.489 e. The molecule has 0 fully saturated rings. The minimum atomic E-state index is -0.210. The Balaban J connectivity index is 2.58. The molecule has 14 heavy (non-hydrogen) atoms. The van der Waals surface area contributed by atoms with Crippen LogP contribution >= 0.6 is 0 Å². The molecular weight excluding hydrogens is 180 g/mol. The number of carbonyl (C=O) groups is 2. The molecule has 0 N–H and O–H groups in total. The molecule has 0 aromatic heterocycles. The van der Waals surface area contributed by atoms with Crippen molar-refractivity contribution in [3.8, 4) is 0 Å². The van der Waals surface area contributed by atoms with Crippen LogP contribution in [0.1, 0.15) is 26.7 Å². The van der Waals surface area contributed by atoms with Gasteiger partial charge < -0.3 is 4.74 Å². The minimum absolute atomic E-state index is 0.143. The molecule has 0 heterocycles. The van der Waals surface area contributed by atoms with Crippen molar-refractivity contribution >= 4 is 11.6 Å². The third-order valence-electron chi connectivity index (χ3n) is 2.00. The lowest BCUT2D eigenvalue weighted by molar-refractivity contribution is -0.117. The van der Waals surface area contributed by atoms with Crippen molar-refractivity contribution in [3.63, 3.8) is 0 Å². The monoisotopic (exact) mass is 194 g/mol. The van der Waals surface area contributed by atoms with Gasteiger partial charge in [0.25, 0.3) is 0 Å². The predicted octanol–water partition coefficient (Wildman–Crippen LogP) is 1.79. The number of hydrogen-bond donors (Lipinski definition) is 0. The van der Waals surface area contributed by atoms with Gasteiger partial charge in [-0.25, -0.2) is 0 Å². The molecule has 0 amide bonds. The number of ketones is 2. The molecule has 0 radical (unpaired) electrons. The molecule has 3 heteroatoms. The minimum Gasteiger partial charge on any atom is -0.489 e. The molecule has 0 unspecified atom stereocenters. The first kappa shape index (κ1) is 10.7. The van der Waals surface area contributed by atoms with E-state index in [9.17, 15) is 9.59 Å². The molecule has 0 bridgehead atoms. The van der Waals surface area contributed by atoms with Gasteiger partial charge in [0, 0.05) is 11.6 Å². The van der Waals surface area contributed by atoms with Crippen molar-refractivity contribution in [2.45, 2.75) is 26.7 Å². The molecule has 76 valence electrons. The Morgan fingerprint density at radius 2 is 1.93 bits per heavy atom. The molecule has 0 aromatic carbocycles. The van der Waals surface area contributed by atoms with Crippen molar-refractivity contribution in [1.29, 1.82) is 0 Å². The Morgan fingerprint density at radius 1 is 1.21 bits per heavy atom.